The molecule has 0 amide bonds. The minimum absolute atomic E-state index is 0.126. The van der Waals surface area contributed by atoms with Gasteiger partial charge in [-0.1, -0.05) is 48.5 Å². The van der Waals surface area contributed by atoms with E-state index in [1.54, 1.807) is 17.0 Å². The van der Waals surface area contributed by atoms with Gasteiger partial charge in [0.1, 0.15) is 11.6 Å². The van der Waals surface area contributed by atoms with Gasteiger partial charge < -0.3 is 14.0 Å². The summed E-state index contributed by atoms with van der Waals surface area (Å²) in [5, 5.41) is 3.50. The summed E-state index contributed by atoms with van der Waals surface area (Å²) in [6, 6.07) is 38.1. The van der Waals surface area contributed by atoms with E-state index in [1.165, 1.54) is 24.3 Å². The van der Waals surface area contributed by atoms with E-state index >= 15 is 4.39 Å². The molecule has 9 aromatic rings. The molecule has 0 aliphatic rings. The molecule has 0 N–H and O–H groups in total. The van der Waals surface area contributed by atoms with E-state index in [0.717, 1.165) is 61.8 Å². The average Bonchev–Trinajstić information content (AvgIpc) is 3.64. The first-order chi connectivity index (χ1) is 25.7. The first-order valence-corrected chi connectivity index (χ1v) is 16.9. The molecule has 0 bridgehead atoms. The van der Waals surface area contributed by atoms with E-state index in [1.807, 2.05) is 94.1 Å². The number of para-hydroxylation sites is 2. The van der Waals surface area contributed by atoms with Crippen LogP contribution in [0, 0.1) is 34.9 Å². The zero-order chi connectivity index (χ0) is 36.4. The maximum absolute atomic E-state index is 15.8. The molecule has 9 rings (SSSR count). The lowest BCUT2D eigenvalue weighted by Crippen LogP contribution is -2.12. The van der Waals surface area contributed by atoms with Crippen LogP contribution in [0.1, 0.15) is 11.1 Å². The molecule has 0 saturated heterocycles. The molecular weight excluding hydrogens is 684 g/mol. The van der Waals surface area contributed by atoms with Gasteiger partial charge in [-0.3, -0.25) is 0 Å². The van der Waals surface area contributed by atoms with Crippen molar-refractivity contribution in [2.24, 2.45) is 0 Å². The predicted octanol–water partition coefficient (Wildman–Crippen LogP) is 12.3. The third kappa shape index (κ3) is 5.56. The molecule has 3 nitrogen and oxygen atoms in total. The first-order valence-electron chi connectivity index (χ1n) is 16.9. The van der Waals surface area contributed by atoms with Crippen LogP contribution >= 0.6 is 0 Å². The zero-order valence-corrected chi connectivity index (χ0v) is 27.8. The third-order valence-electron chi connectivity index (χ3n) is 9.83. The molecule has 0 aliphatic heterocycles. The Kier molecular flexibility index (Phi) is 7.73. The van der Waals surface area contributed by atoms with Crippen LogP contribution in [0.15, 0.2) is 140 Å². The van der Waals surface area contributed by atoms with Crippen molar-refractivity contribution >= 4 is 60.7 Å². The number of halogens is 6. The molecule has 0 spiro atoms. The van der Waals surface area contributed by atoms with Crippen molar-refractivity contribution < 1.29 is 26.3 Å². The molecule has 0 radical (unpaired) electrons. The molecule has 2 heterocycles. The summed E-state index contributed by atoms with van der Waals surface area (Å²) in [6.07, 6.45) is 0. The fourth-order valence-electron chi connectivity index (χ4n) is 7.43. The minimum atomic E-state index is -0.924. The molecule has 9 heteroatoms. The number of hydrogen-bond donors (Lipinski definition) is 0. The molecular formula is C44H27F6N3. The van der Waals surface area contributed by atoms with E-state index in [4.69, 9.17) is 0 Å². The quantitative estimate of drug-likeness (QED) is 0.150. The fraction of sp³-hybridized carbons (Fsp3) is 0.0455. The van der Waals surface area contributed by atoms with Gasteiger partial charge in [-0.25, -0.2) is 26.3 Å². The van der Waals surface area contributed by atoms with Crippen LogP contribution in [0.4, 0.5) is 43.4 Å². The lowest BCUT2D eigenvalue weighted by Gasteiger charge is -2.26. The Morgan fingerprint density at radius 2 is 0.849 bits per heavy atom. The highest BCUT2D eigenvalue weighted by Crippen LogP contribution is 2.42. The van der Waals surface area contributed by atoms with E-state index < -0.39 is 34.9 Å². The summed E-state index contributed by atoms with van der Waals surface area (Å²) < 4.78 is 90.1. The van der Waals surface area contributed by atoms with E-state index in [2.05, 4.69) is 0 Å². The molecule has 0 aliphatic carbocycles. The maximum atomic E-state index is 15.8. The van der Waals surface area contributed by atoms with Gasteiger partial charge in [0.2, 0.25) is 0 Å². The van der Waals surface area contributed by atoms with Crippen molar-refractivity contribution in [3.05, 3.63) is 186 Å². The van der Waals surface area contributed by atoms with E-state index in [0.29, 0.717) is 22.5 Å². The van der Waals surface area contributed by atoms with Crippen LogP contribution in [0.5, 0.6) is 0 Å². The number of anilines is 3. The highest BCUT2D eigenvalue weighted by molar-refractivity contribution is 6.11. The second-order valence-electron chi connectivity index (χ2n) is 13.0. The summed E-state index contributed by atoms with van der Waals surface area (Å²) in [4.78, 5) is 1.73. The molecule has 0 unspecified atom stereocenters. The summed E-state index contributed by atoms with van der Waals surface area (Å²) >= 11 is 0. The van der Waals surface area contributed by atoms with Crippen LogP contribution in [0.25, 0.3) is 43.6 Å². The Morgan fingerprint density at radius 1 is 0.377 bits per heavy atom. The Labute approximate surface area is 299 Å². The molecule has 0 saturated carbocycles. The second-order valence-corrected chi connectivity index (χ2v) is 13.0. The van der Waals surface area contributed by atoms with Crippen LogP contribution < -0.4 is 4.90 Å². The standard InChI is InChI=1S/C44H27F6N3/c45-28-11-16-44(39(50)21-28)53(29-12-17-42-33(22-29)31-5-1-3-7-40(31)51(42)24-26-9-14-35(46)37(48)19-26)30-13-18-43-34(23-30)32-6-2-4-8-41(32)52(43)25-27-10-15-36(47)38(49)20-27/h1-23H,24-25H2. The number of nitrogens with zero attached hydrogens (tertiary/aromatic N) is 3. The third-order valence-corrected chi connectivity index (χ3v) is 9.83. The van der Waals surface area contributed by atoms with Gasteiger partial charge in [0.25, 0.3) is 0 Å². The van der Waals surface area contributed by atoms with Gasteiger partial charge in [0, 0.05) is 74.1 Å². The van der Waals surface area contributed by atoms with E-state index in [-0.39, 0.29) is 18.8 Å². The van der Waals surface area contributed by atoms with Gasteiger partial charge in [0.05, 0.1) is 5.69 Å². The van der Waals surface area contributed by atoms with Crippen molar-refractivity contribution in [1.29, 1.82) is 0 Å². The Morgan fingerprint density at radius 3 is 1.32 bits per heavy atom. The molecule has 53 heavy (non-hydrogen) atoms. The smallest absolute Gasteiger partial charge is 0.159 e. The van der Waals surface area contributed by atoms with Gasteiger partial charge >= 0.3 is 0 Å². The zero-order valence-electron chi connectivity index (χ0n) is 27.8. The first kappa shape index (κ1) is 32.4. The Bertz CT molecular complexity index is 2720. The highest BCUT2D eigenvalue weighted by atomic mass is 19.2. The largest absolute Gasteiger partial charge is 0.336 e. The summed E-state index contributed by atoms with van der Waals surface area (Å²) in [5.74, 6) is -5.15. The van der Waals surface area contributed by atoms with Gasteiger partial charge in [-0.05, 0) is 96.1 Å². The molecule has 7 aromatic carbocycles. The van der Waals surface area contributed by atoms with Crippen molar-refractivity contribution in [2.75, 3.05) is 4.90 Å². The Balaban J connectivity index is 1.22. The monoisotopic (exact) mass is 711 g/mol. The SMILES string of the molecule is Fc1ccc(N(c2ccc3c(c2)c2ccccc2n3Cc2ccc(F)c(F)c2)c2ccc3c(c2)c2ccccc2n3Cc2ccc(F)c(F)c2)c(F)c1. The van der Waals surface area contributed by atoms with Crippen LogP contribution in [0.2, 0.25) is 0 Å². The number of rotatable bonds is 7. The normalized spacial score (nSPS) is 11.7. The van der Waals surface area contributed by atoms with Crippen LogP contribution in [0.3, 0.4) is 0 Å². The average molecular weight is 712 g/mol. The number of fused-ring (bicyclic) bond motifs is 6. The van der Waals surface area contributed by atoms with Gasteiger partial charge in [0.15, 0.2) is 23.3 Å². The predicted molar refractivity (Wildman–Crippen MR) is 198 cm³/mol. The van der Waals surface area contributed by atoms with E-state index in [9.17, 15) is 22.0 Å². The van der Waals surface area contributed by atoms with Crippen molar-refractivity contribution in [2.45, 2.75) is 13.1 Å². The molecule has 2 aromatic heterocycles. The van der Waals surface area contributed by atoms with Crippen molar-refractivity contribution in [3.63, 3.8) is 0 Å². The highest BCUT2D eigenvalue weighted by Gasteiger charge is 2.22. The Hall–Kier alpha value is -6.48. The van der Waals surface area contributed by atoms with Gasteiger partial charge in [-0.2, -0.15) is 0 Å². The van der Waals surface area contributed by atoms with Crippen LogP contribution in [-0.2, 0) is 13.1 Å². The summed E-state index contributed by atoms with van der Waals surface area (Å²) in [5.41, 5.74) is 5.90. The second kappa shape index (κ2) is 12.6. The maximum Gasteiger partial charge on any atom is 0.159 e. The molecule has 0 fully saturated rings. The topological polar surface area (TPSA) is 13.1 Å². The lowest BCUT2D eigenvalue weighted by molar-refractivity contribution is 0.506. The minimum Gasteiger partial charge on any atom is -0.336 e. The van der Waals surface area contributed by atoms with Crippen LogP contribution in [-0.4, -0.2) is 9.13 Å². The number of hydrogen-bond acceptors (Lipinski definition) is 1. The van der Waals surface area contributed by atoms with Gasteiger partial charge in [-0.15, -0.1) is 0 Å². The fourth-order valence-corrected chi connectivity index (χ4v) is 7.43. The molecule has 0 atom stereocenters. The number of benzene rings is 7. The number of aromatic nitrogens is 2. The summed E-state index contributed by atoms with van der Waals surface area (Å²) in [7, 11) is 0. The van der Waals surface area contributed by atoms with Crippen molar-refractivity contribution in [1.82, 2.24) is 9.13 Å². The lowest BCUT2D eigenvalue weighted by atomic mass is 10.1. The summed E-state index contributed by atoms with van der Waals surface area (Å²) in [6.45, 7) is 0.560. The molecule has 260 valence electrons. The van der Waals surface area contributed by atoms with Crippen molar-refractivity contribution in [3.8, 4) is 0 Å².